The summed E-state index contributed by atoms with van der Waals surface area (Å²) >= 11 is 3.31. The Balaban J connectivity index is 1.45. The first kappa shape index (κ1) is 18.1. The minimum absolute atomic E-state index is 0.0789. The third-order valence-corrected chi connectivity index (χ3v) is 5.05. The number of rotatable bonds is 5. The van der Waals surface area contributed by atoms with E-state index in [2.05, 4.69) is 50.4 Å². The number of likely N-dealkylation sites (tertiary alicyclic amines) is 1. The average Bonchev–Trinajstić information content (AvgIpc) is 2.61. The SMILES string of the molecule is O=C(Cc1cc(Br)ccc1F)NC1CCN(Cc2ccccc2)CC1. The lowest BCUT2D eigenvalue weighted by Gasteiger charge is -2.32. The molecular formula is C20H22BrFN2O. The smallest absolute Gasteiger partial charge is 0.224 e. The second-order valence-corrected chi connectivity index (χ2v) is 7.43. The molecule has 1 saturated heterocycles. The molecule has 0 spiro atoms. The minimum Gasteiger partial charge on any atom is -0.353 e. The van der Waals surface area contributed by atoms with E-state index in [-0.39, 0.29) is 24.2 Å². The van der Waals surface area contributed by atoms with Crippen LogP contribution < -0.4 is 5.32 Å². The lowest BCUT2D eigenvalue weighted by Crippen LogP contribution is -2.44. The van der Waals surface area contributed by atoms with Gasteiger partial charge in [0.15, 0.2) is 0 Å². The van der Waals surface area contributed by atoms with E-state index in [1.54, 1.807) is 12.1 Å². The van der Waals surface area contributed by atoms with Crippen molar-refractivity contribution in [2.75, 3.05) is 13.1 Å². The number of nitrogens with one attached hydrogen (secondary N) is 1. The first-order valence-electron chi connectivity index (χ1n) is 8.60. The van der Waals surface area contributed by atoms with Gasteiger partial charge in [-0.05, 0) is 42.2 Å². The van der Waals surface area contributed by atoms with Gasteiger partial charge in [0.25, 0.3) is 0 Å². The zero-order valence-electron chi connectivity index (χ0n) is 14.1. The first-order chi connectivity index (χ1) is 12.1. The van der Waals surface area contributed by atoms with Gasteiger partial charge in [-0.15, -0.1) is 0 Å². The predicted molar refractivity (Wildman–Crippen MR) is 101 cm³/mol. The Kier molecular flexibility index (Phi) is 6.21. The molecule has 0 aromatic heterocycles. The molecule has 0 unspecified atom stereocenters. The Morgan fingerprint density at radius 1 is 1.16 bits per heavy atom. The maximum atomic E-state index is 13.8. The molecular weight excluding hydrogens is 383 g/mol. The molecule has 3 nitrogen and oxygen atoms in total. The van der Waals surface area contributed by atoms with E-state index in [0.29, 0.717) is 5.56 Å². The molecule has 5 heteroatoms. The Bertz CT molecular complexity index is 715. The standard InChI is InChI=1S/C20H22BrFN2O/c21-17-6-7-19(22)16(12-17)13-20(25)23-18-8-10-24(11-9-18)14-15-4-2-1-3-5-15/h1-7,12,18H,8-11,13-14H2,(H,23,25). The monoisotopic (exact) mass is 404 g/mol. The number of hydrogen-bond acceptors (Lipinski definition) is 2. The quantitative estimate of drug-likeness (QED) is 0.818. The van der Waals surface area contributed by atoms with Crippen LogP contribution in [0.4, 0.5) is 4.39 Å². The van der Waals surface area contributed by atoms with Crippen molar-refractivity contribution in [2.45, 2.75) is 31.8 Å². The van der Waals surface area contributed by atoms with Gasteiger partial charge in [-0.25, -0.2) is 4.39 Å². The second kappa shape index (κ2) is 8.59. The van der Waals surface area contributed by atoms with E-state index in [1.165, 1.54) is 11.6 Å². The molecule has 1 fully saturated rings. The van der Waals surface area contributed by atoms with Gasteiger partial charge in [0.1, 0.15) is 5.82 Å². The van der Waals surface area contributed by atoms with Crippen LogP contribution in [0.5, 0.6) is 0 Å². The number of benzene rings is 2. The summed E-state index contributed by atoms with van der Waals surface area (Å²) in [6.07, 6.45) is 1.94. The molecule has 2 aromatic rings. The molecule has 0 radical (unpaired) electrons. The van der Waals surface area contributed by atoms with Crippen LogP contribution >= 0.6 is 15.9 Å². The van der Waals surface area contributed by atoms with E-state index in [0.717, 1.165) is 36.9 Å². The van der Waals surface area contributed by atoms with Crippen LogP contribution in [-0.2, 0) is 17.8 Å². The molecule has 25 heavy (non-hydrogen) atoms. The topological polar surface area (TPSA) is 32.3 Å². The highest BCUT2D eigenvalue weighted by atomic mass is 79.9. The fourth-order valence-corrected chi connectivity index (χ4v) is 3.62. The largest absolute Gasteiger partial charge is 0.353 e. The maximum absolute atomic E-state index is 13.8. The third kappa shape index (κ3) is 5.38. The van der Waals surface area contributed by atoms with Gasteiger partial charge in [-0.3, -0.25) is 9.69 Å². The molecule has 132 valence electrons. The summed E-state index contributed by atoms with van der Waals surface area (Å²) in [7, 11) is 0. The number of piperidine rings is 1. The van der Waals surface area contributed by atoms with Crippen molar-refractivity contribution in [1.29, 1.82) is 0 Å². The van der Waals surface area contributed by atoms with Crippen LogP contribution in [0.15, 0.2) is 53.0 Å². The van der Waals surface area contributed by atoms with Crippen molar-refractivity contribution in [3.8, 4) is 0 Å². The summed E-state index contributed by atoms with van der Waals surface area (Å²) in [6, 6.07) is 15.3. The number of amides is 1. The molecule has 1 aliphatic rings. The maximum Gasteiger partial charge on any atom is 0.224 e. The highest BCUT2D eigenvalue weighted by molar-refractivity contribution is 9.10. The van der Waals surface area contributed by atoms with E-state index >= 15 is 0 Å². The molecule has 1 aliphatic heterocycles. The van der Waals surface area contributed by atoms with Crippen LogP contribution in [0, 0.1) is 5.82 Å². The molecule has 0 saturated carbocycles. The van der Waals surface area contributed by atoms with Gasteiger partial charge in [0.05, 0.1) is 6.42 Å². The summed E-state index contributed by atoms with van der Waals surface area (Å²) in [5, 5.41) is 3.05. The number of nitrogens with zero attached hydrogens (tertiary/aromatic N) is 1. The van der Waals surface area contributed by atoms with Gasteiger partial charge in [-0.2, -0.15) is 0 Å². The highest BCUT2D eigenvalue weighted by Crippen LogP contribution is 2.17. The van der Waals surface area contributed by atoms with Crippen LogP contribution in [0.25, 0.3) is 0 Å². The molecule has 1 heterocycles. The van der Waals surface area contributed by atoms with Crippen molar-refractivity contribution in [3.63, 3.8) is 0 Å². The van der Waals surface area contributed by atoms with Gasteiger partial charge < -0.3 is 5.32 Å². The third-order valence-electron chi connectivity index (χ3n) is 4.56. The summed E-state index contributed by atoms with van der Waals surface area (Å²) in [6.45, 7) is 2.88. The second-order valence-electron chi connectivity index (χ2n) is 6.52. The zero-order valence-corrected chi connectivity index (χ0v) is 15.6. The first-order valence-corrected chi connectivity index (χ1v) is 9.39. The summed E-state index contributed by atoms with van der Waals surface area (Å²) in [4.78, 5) is 14.6. The van der Waals surface area contributed by atoms with Crippen molar-refractivity contribution < 1.29 is 9.18 Å². The molecule has 1 N–H and O–H groups in total. The van der Waals surface area contributed by atoms with Crippen LogP contribution in [0.3, 0.4) is 0 Å². The number of hydrogen-bond donors (Lipinski definition) is 1. The molecule has 2 aromatic carbocycles. The van der Waals surface area contributed by atoms with Crippen molar-refractivity contribution in [2.24, 2.45) is 0 Å². The minimum atomic E-state index is -0.337. The lowest BCUT2D eigenvalue weighted by molar-refractivity contribution is -0.121. The van der Waals surface area contributed by atoms with Crippen LogP contribution in [0.1, 0.15) is 24.0 Å². The van der Waals surface area contributed by atoms with Crippen molar-refractivity contribution in [1.82, 2.24) is 10.2 Å². The van der Waals surface area contributed by atoms with Gasteiger partial charge in [-0.1, -0.05) is 46.3 Å². The fourth-order valence-electron chi connectivity index (χ4n) is 3.21. The van der Waals surface area contributed by atoms with Gasteiger partial charge in [0, 0.05) is 30.1 Å². The van der Waals surface area contributed by atoms with Crippen molar-refractivity contribution >= 4 is 21.8 Å². The van der Waals surface area contributed by atoms with Gasteiger partial charge in [0.2, 0.25) is 5.91 Å². The Hall–Kier alpha value is -1.72. The van der Waals surface area contributed by atoms with E-state index in [9.17, 15) is 9.18 Å². The molecule has 0 bridgehead atoms. The molecule has 1 amide bonds. The van der Waals surface area contributed by atoms with Crippen LogP contribution in [0.2, 0.25) is 0 Å². The number of carbonyl (C=O) groups is 1. The molecule has 0 aliphatic carbocycles. The number of halogens is 2. The lowest BCUT2D eigenvalue weighted by atomic mass is 10.0. The highest BCUT2D eigenvalue weighted by Gasteiger charge is 2.21. The predicted octanol–water partition coefficient (Wildman–Crippen LogP) is 3.91. The summed E-state index contributed by atoms with van der Waals surface area (Å²) < 4.78 is 14.5. The Labute approximate surface area is 156 Å². The van der Waals surface area contributed by atoms with Crippen LogP contribution in [-0.4, -0.2) is 29.9 Å². The van der Waals surface area contributed by atoms with Crippen molar-refractivity contribution in [3.05, 3.63) is 69.9 Å². The summed E-state index contributed by atoms with van der Waals surface area (Å²) in [5.74, 6) is -0.450. The number of carbonyl (C=O) groups excluding carboxylic acids is 1. The zero-order chi connectivity index (χ0) is 17.6. The van der Waals surface area contributed by atoms with Gasteiger partial charge >= 0.3 is 0 Å². The van der Waals surface area contributed by atoms with E-state index < -0.39 is 0 Å². The molecule has 0 atom stereocenters. The average molecular weight is 405 g/mol. The Morgan fingerprint density at radius 3 is 2.60 bits per heavy atom. The van der Waals surface area contributed by atoms with E-state index in [4.69, 9.17) is 0 Å². The molecule has 3 rings (SSSR count). The summed E-state index contributed by atoms with van der Waals surface area (Å²) in [5.41, 5.74) is 1.74. The van der Waals surface area contributed by atoms with E-state index in [1.807, 2.05) is 6.07 Å². The Morgan fingerprint density at radius 2 is 1.88 bits per heavy atom. The fraction of sp³-hybridized carbons (Fsp3) is 0.350. The normalized spacial score (nSPS) is 15.9.